The van der Waals surface area contributed by atoms with Gasteiger partial charge in [-0.25, -0.2) is 19.3 Å². The molecular formula is C38H75N10O17P3S. The Bertz CT molecular complexity index is 2030. The van der Waals surface area contributed by atoms with Crippen LogP contribution in [0.15, 0.2) is 24.8 Å². The van der Waals surface area contributed by atoms with Gasteiger partial charge in [0, 0.05) is 37.1 Å². The number of fused-ring (bicyclic) bond motifs is 1. The summed E-state index contributed by atoms with van der Waals surface area (Å²) in [6.45, 7) is 2.43. The number of anilines is 1. The quantitative estimate of drug-likeness (QED) is 0.0280. The Morgan fingerprint density at radius 2 is 1.52 bits per heavy atom. The molecule has 3 rings (SSSR count). The molecule has 31 heteroatoms. The summed E-state index contributed by atoms with van der Waals surface area (Å²) in [5, 5.41) is 26.5. The average Bonchev–Trinajstić information content (AvgIpc) is 3.80. The van der Waals surface area contributed by atoms with Crippen molar-refractivity contribution in [2.75, 3.05) is 37.8 Å². The zero-order valence-electron chi connectivity index (χ0n) is 40.3. The minimum Gasteiger partial charge on any atom is -0.756 e. The number of nitrogen functional groups attached to an aromatic ring is 1. The van der Waals surface area contributed by atoms with Crippen molar-refractivity contribution >= 4 is 69.1 Å². The molecule has 1 fully saturated rings. The molecule has 0 aliphatic carbocycles. The number of hydrogen-bond acceptors (Lipinski definition) is 21. The predicted octanol–water partition coefficient (Wildman–Crippen LogP) is 3.54. The van der Waals surface area contributed by atoms with E-state index in [1.54, 1.807) is 0 Å². The van der Waals surface area contributed by atoms with Crippen LogP contribution in [0.5, 0.6) is 0 Å². The highest BCUT2D eigenvalue weighted by atomic mass is 32.2. The lowest BCUT2D eigenvalue weighted by Gasteiger charge is -2.35. The van der Waals surface area contributed by atoms with Crippen molar-refractivity contribution < 1.29 is 80.5 Å². The molecule has 19 N–H and O–H groups in total. The predicted molar refractivity (Wildman–Crippen MR) is 253 cm³/mol. The molecule has 27 nitrogen and oxygen atoms in total. The van der Waals surface area contributed by atoms with Gasteiger partial charge < -0.3 is 82.9 Å². The summed E-state index contributed by atoms with van der Waals surface area (Å²) in [4.78, 5) is 94.8. The minimum atomic E-state index is -5.90. The van der Waals surface area contributed by atoms with Crippen LogP contribution in [0.2, 0.25) is 0 Å². The molecule has 2 aromatic heterocycles. The highest BCUT2D eigenvalue weighted by Crippen LogP contribution is 2.56. The molecule has 69 heavy (non-hydrogen) atoms. The summed E-state index contributed by atoms with van der Waals surface area (Å²) < 4.78 is 61.1. The highest BCUT2D eigenvalue weighted by Gasteiger charge is 2.48. The van der Waals surface area contributed by atoms with Crippen LogP contribution in [-0.4, -0.2) is 108 Å². The molecule has 0 saturated carbocycles. The smallest absolute Gasteiger partial charge is 0.274 e. The second-order valence-electron chi connectivity index (χ2n) is 16.2. The van der Waals surface area contributed by atoms with E-state index in [0.29, 0.717) is 12.2 Å². The lowest BCUT2D eigenvalue weighted by atomic mass is 9.87. The fraction of sp³-hybridized carbons (Fsp3) is 0.737. The summed E-state index contributed by atoms with van der Waals surface area (Å²) in [5.74, 6) is -1.12. The maximum absolute atomic E-state index is 12.6. The Balaban J connectivity index is 0.0000154. The molecule has 400 valence electrons. The van der Waals surface area contributed by atoms with Gasteiger partial charge in [-0.1, -0.05) is 89.6 Å². The molecule has 1 aliphatic heterocycles. The summed E-state index contributed by atoms with van der Waals surface area (Å²) in [5.41, 5.74) is 4.13. The third kappa shape index (κ3) is 24.4. The number of thioether (sulfide) groups is 1. The molecule has 2 amide bonds. The fourth-order valence-corrected chi connectivity index (χ4v) is 9.98. The number of quaternary nitrogens is 3. The minimum absolute atomic E-state index is 0. The maximum Gasteiger partial charge on any atom is 0.274 e. The van der Waals surface area contributed by atoms with E-state index in [2.05, 4.69) is 62.5 Å². The number of aliphatic hydroxyl groups is 2. The van der Waals surface area contributed by atoms with E-state index in [4.69, 9.17) is 10.5 Å². The maximum atomic E-state index is 12.6. The van der Waals surface area contributed by atoms with Gasteiger partial charge in [0.2, 0.25) is 11.8 Å². The van der Waals surface area contributed by atoms with Crippen LogP contribution in [0.4, 0.5) is 5.82 Å². The average molecular weight is 1070 g/mol. The van der Waals surface area contributed by atoms with Gasteiger partial charge >= 0.3 is 0 Å². The van der Waals surface area contributed by atoms with Crippen LogP contribution in [0.3, 0.4) is 0 Å². The van der Waals surface area contributed by atoms with Crippen molar-refractivity contribution in [3.8, 4) is 0 Å². The standard InChI is InChI=1S/C38H66N7O17P3S.3H3N/c1-4-5-6-7-8-9-10-11-12-13-14-15-16-17-18-29(47)66-22-21-40-28(46)19-20-41-36(50)33(49)38(2,3)24-59-65(56,57)62-64(54,55)58-23-27-32(61-63(51,52)53)31(48)37(60-27)45-26-44-30-34(39)42-25-43-35(30)45;;;/h9-10,25-27,31-33,37,48-49H,4-8,11-24H2,1-3H3,(H,40,46)(H,41,50)(H,54,55)(H,56,57)(H2,39,42,43)(H2,51,52,53);3*1H3/b10-9-;;;/t27-,31-,32-,33+,37-;;;/m1.../s1. The normalized spacial score (nSPS) is 20.1. The van der Waals surface area contributed by atoms with Crippen molar-refractivity contribution in [3.05, 3.63) is 24.8 Å². The third-order valence-corrected chi connectivity index (χ3v) is 14.1. The number of carbonyl (C=O) groups is 3. The van der Waals surface area contributed by atoms with Crippen LogP contribution in [0.25, 0.3) is 11.2 Å². The molecule has 0 aromatic carbocycles. The number of hydrogen-bond donors (Lipinski definition) is 9. The van der Waals surface area contributed by atoms with Crippen molar-refractivity contribution in [1.29, 1.82) is 0 Å². The van der Waals surface area contributed by atoms with E-state index in [-0.39, 0.29) is 60.1 Å². The van der Waals surface area contributed by atoms with Crippen molar-refractivity contribution in [2.24, 2.45) is 5.41 Å². The number of ether oxygens (including phenoxy) is 1. The van der Waals surface area contributed by atoms with Crippen molar-refractivity contribution in [1.82, 2.24) is 48.6 Å². The number of aliphatic hydroxyl groups excluding tert-OH is 2. The number of phosphoric acid groups is 3. The van der Waals surface area contributed by atoms with Gasteiger partial charge in [0.1, 0.15) is 36.3 Å². The fourth-order valence-electron chi connectivity index (χ4n) is 6.51. The number of phosphoric ester groups is 3. The van der Waals surface area contributed by atoms with Gasteiger partial charge in [0.25, 0.3) is 23.5 Å². The molecular weight excluding hydrogens is 993 g/mol. The molecule has 2 aromatic rings. The van der Waals surface area contributed by atoms with Crippen LogP contribution in [0, 0.1) is 5.41 Å². The number of carbonyl (C=O) groups excluding carboxylic acids is 3. The number of unbranched alkanes of at least 4 members (excludes halogenated alkanes) is 10. The number of amides is 2. The number of nitrogens with two attached hydrogens (primary N) is 1. The first kappa shape index (κ1) is 66.2. The molecule has 1 aliphatic rings. The molecule has 0 radical (unpaired) electrons. The van der Waals surface area contributed by atoms with Crippen molar-refractivity contribution in [2.45, 2.75) is 141 Å². The number of rotatable bonds is 33. The zero-order chi connectivity index (χ0) is 49.0. The zero-order valence-corrected chi connectivity index (χ0v) is 43.8. The van der Waals surface area contributed by atoms with Gasteiger partial charge in [0.05, 0.1) is 19.5 Å². The number of nitrogens with zero attached hydrogens (tertiary/aromatic N) is 4. The number of allylic oxidation sites excluding steroid dienone is 2. The van der Waals surface area contributed by atoms with Crippen LogP contribution in [0.1, 0.15) is 117 Å². The van der Waals surface area contributed by atoms with Crippen molar-refractivity contribution in [3.63, 3.8) is 0 Å². The van der Waals surface area contributed by atoms with Crippen LogP contribution in [-0.2, 0) is 50.7 Å². The third-order valence-electron chi connectivity index (χ3n) is 10.1. The van der Waals surface area contributed by atoms with Crippen LogP contribution < -0.4 is 49.5 Å². The van der Waals surface area contributed by atoms with E-state index in [9.17, 15) is 57.9 Å². The van der Waals surface area contributed by atoms with Gasteiger partial charge in [-0.05, 0) is 32.1 Å². The first-order valence-corrected chi connectivity index (χ1v) is 27.1. The second kappa shape index (κ2) is 32.3. The summed E-state index contributed by atoms with van der Waals surface area (Å²) in [7, 11) is -17.3. The Morgan fingerprint density at radius 1 is 0.913 bits per heavy atom. The SMILES string of the molecule is CCCCCC/C=C\CCCCCCCCC(=O)SCCNC(=O)CCNC(=O)[C@H](O)C(C)(C)COP(=O)([O-])OP(=O)([O-])OC[C@H]1O[C@@H](n2cnc3c(N)ncnc32)[C@H](O)[C@@H]1OP(=O)([O-])O.[NH4+].[NH4+].[NH4+]. The highest BCUT2D eigenvalue weighted by molar-refractivity contribution is 8.13. The summed E-state index contributed by atoms with van der Waals surface area (Å²) in [6.07, 6.45) is 11.5. The van der Waals surface area contributed by atoms with Gasteiger partial charge in [0.15, 0.2) is 22.8 Å². The number of aromatic nitrogens is 4. The largest absolute Gasteiger partial charge is 0.756 e. The van der Waals surface area contributed by atoms with E-state index in [1.165, 1.54) is 52.4 Å². The molecule has 8 atom stereocenters. The lowest BCUT2D eigenvalue weighted by Crippen LogP contribution is -2.46. The Labute approximate surface area is 406 Å². The van der Waals surface area contributed by atoms with E-state index >= 15 is 0 Å². The van der Waals surface area contributed by atoms with Gasteiger partial charge in [-0.2, -0.15) is 0 Å². The number of nitrogens with one attached hydrogen (secondary N) is 2. The van der Waals surface area contributed by atoms with Gasteiger partial charge in [-0.3, -0.25) is 32.6 Å². The molecule has 3 unspecified atom stereocenters. The summed E-state index contributed by atoms with van der Waals surface area (Å²) >= 11 is 1.14. The topological polar surface area (TPSA) is 482 Å². The first-order chi connectivity index (χ1) is 31.1. The Morgan fingerprint density at radius 3 is 2.16 bits per heavy atom. The van der Waals surface area contributed by atoms with E-state index < -0.39 is 84.6 Å². The van der Waals surface area contributed by atoms with E-state index in [0.717, 1.165) is 67.5 Å². The number of imidazole rings is 1. The van der Waals surface area contributed by atoms with Crippen LogP contribution >= 0.6 is 35.2 Å². The first-order valence-electron chi connectivity index (χ1n) is 21.7. The molecule has 0 bridgehead atoms. The molecule has 1 saturated heterocycles. The monoisotopic (exact) mass is 1070 g/mol. The molecule has 3 heterocycles. The van der Waals surface area contributed by atoms with E-state index in [1.807, 2.05) is 0 Å². The lowest BCUT2D eigenvalue weighted by molar-refractivity contribution is -0.247. The molecule has 0 spiro atoms. The van der Waals surface area contributed by atoms with Gasteiger partial charge in [-0.15, -0.1) is 0 Å². The summed E-state index contributed by atoms with van der Waals surface area (Å²) in [6, 6.07) is 0. The second-order valence-corrected chi connectivity index (χ2v) is 21.5. The Kier molecular flexibility index (Phi) is 31.0. The Hall–Kier alpha value is -2.82.